The van der Waals surface area contributed by atoms with E-state index in [2.05, 4.69) is 0 Å². The van der Waals surface area contributed by atoms with Gasteiger partial charge in [-0.05, 0) is 12.1 Å². The summed E-state index contributed by atoms with van der Waals surface area (Å²) in [6.45, 7) is 2.15. The quantitative estimate of drug-likeness (QED) is 0.770. The Morgan fingerprint density at radius 3 is 2.73 bits per heavy atom. The molecule has 82 valence electrons. The fourth-order valence-corrected chi connectivity index (χ4v) is 1.05. The largest absolute Gasteiger partial charge is 0.492 e. The normalized spacial score (nSPS) is 12.1. The van der Waals surface area contributed by atoms with Gasteiger partial charge in [0, 0.05) is 12.5 Å². The van der Waals surface area contributed by atoms with Crippen LogP contribution < -0.4 is 4.74 Å². The van der Waals surface area contributed by atoms with E-state index in [9.17, 15) is 4.79 Å². The standard InChI is InChI=1S/C11H14O4/c1-8(6-12)7-15-10-5-3-2-4-9(10)11(13)14/h2-5,8,12H,6-7H2,1H3,(H,13,14). The molecule has 0 saturated carbocycles. The molecular formula is C11H14O4. The monoisotopic (exact) mass is 210 g/mol. The van der Waals surface area contributed by atoms with Gasteiger partial charge in [0.2, 0.25) is 0 Å². The third-order valence-electron chi connectivity index (χ3n) is 1.95. The Labute approximate surface area is 88.1 Å². The zero-order valence-corrected chi connectivity index (χ0v) is 8.51. The number of rotatable bonds is 5. The molecular weight excluding hydrogens is 196 g/mol. The van der Waals surface area contributed by atoms with Crippen molar-refractivity contribution in [2.75, 3.05) is 13.2 Å². The van der Waals surface area contributed by atoms with Gasteiger partial charge in [-0.25, -0.2) is 4.79 Å². The van der Waals surface area contributed by atoms with Gasteiger partial charge in [-0.3, -0.25) is 0 Å². The maximum Gasteiger partial charge on any atom is 0.339 e. The molecule has 1 rings (SSSR count). The van der Waals surface area contributed by atoms with Crippen LogP contribution in [0.3, 0.4) is 0 Å². The van der Waals surface area contributed by atoms with Crippen molar-refractivity contribution in [1.82, 2.24) is 0 Å². The average Bonchev–Trinajstić information content (AvgIpc) is 2.26. The molecule has 0 aliphatic carbocycles. The number of para-hydroxylation sites is 1. The predicted molar refractivity (Wildman–Crippen MR) is 55.1 cm³/mol. The summed E-state index contributed by atoms with van der Waals surface area (Å²) < 4.78 is 5.31. The van der Waals surface area contributed by atoms with Crippen LogP contribution in [0.5, 0.6) is 5.75 Å². The fraction of sp³-hybridized carbons (Fsp3) is 0.364. The minimum Gasteiger partial charge on any atom is -0.492 e. The van der Waals surface area contributed by atoms with Crippen LogP contribution >= 0.6 is 0 Å². The molecule has 0 fully saturated rings. The van der Waals surface area contributed by atoms with Crippen LogP contribution in [-0.4, -0.2) is 29.4 Å². The molecule has 0 aliphatic heterocycles. The average molecular weight is 210 g/mol. The Morgan fingerprint density at radius 2 is 2.13 bits per heavy atom. The van der Waals surface area contributed by atoms with Gasteiger partial charge in [-0.2, -0.15) is 0 Å². The van der Waals surface area contributed by atoms with E-state index < -0.39 is 5.97 Å². The Hall–Kier alpha value is -1.55. The summed E-state index contributed by atoms with van der Waals surface area (Å²) in [5, 5.41) is 17.7. The summed E-state index contributed by atoms with van der Waals surface area (Å²) in [4.78, 5) is 10.8. The third kappa shape index (κ3) is 3.25. The van der Waals surface area contributed by atoms with Gasteiger partial charge in [0.1, 0.15) is 11.3 Å². The number of carboxylic acid groups (broad SMARTS) is 1. The van der Waals surface area contributed by atoms with Crippen molar-refractivity contribution in [3.63, 3.8) is 0 Å². The van der Waals surface area contributed by atoms with Crippen LogP contribution in [0.4, 0.5) is 0 Å². The highest BCUT2D eigenvalue weighted by Crippen LogP contribution is 2.18. The van der Waals surface area contributed by atoms with Crippen molar-refractivity contribution in [2.45, 2.75) is 6.92 Å². The van der Waals surface area contributed by atoms with E-state index >= 15 is 0 Å². The SMILES string of the molecule is CC(CO)COc1ccccc1C(=O)O. The third-order valence-corrected chi connectivity index (χ3v) is 1.95. The first-order valence-electron chi connectivity index (χ1n) is 4.71. The zero-order valence-electron chi connectivity index (χ0n) is 8.51. The lowest BCUT2D eigenvalue weighted by Crippen LogP contribution is -2.13. The smallest absolute Gasteiger partial charge is 0.339 e. The summed E-state index contributed by atoms with van der Waals surface area (Å²) in [6, 6.07) is 6.45. The zero-order chi connectivity index (χ0) is 11.3. The molecule has 0 saturated heterocycles. The minimum absolute atomic E-state index is 0.00755. The number of aromatic carboxylic acids is 1. The molecule has 0 aliphatic rings. The van der Waals surface area contributed by atoms with E-state index in [1.807, 2.05) is 6.92 Å². The Bertz CT molecular complexity index is 335. The number of ether oxygens (including phenoxy) is 1. The number of aliphatic hydroxyl groups excluding tert-OH is 1. The first kappa shape index (κ1) is 11.5. The number of benzene rings is 1. The number of carbonyl (C=O) groups is 1. The molecule has 0 heterocycles. The molecule has 1 aromatic carbocycles. The van der Waals surface area contributed by atoms with Crippen molar-refractivity contribution in [3.8, 4) is 5.75 Å². The van der Waals surface area contributed by atoms with Gasteiger partial charge in [-0.15, -0.1) is 0 Å². The minimum atomic E-state index is -1.01. The Kier molecular flexibility index (Phi) is 4.12. The Morgan fingerprint density at radius 1 is 1.47 bits per heavy atom. The van der Waals surface area contributed by atoms with Gasteiger partial charge in [0.15, 0.2) is 0 Å². The van der Waals surface area contributed by atoms with Gasteiger partial charge in [0.05, 0.1) is 6.61 Å². The number of carboxylic acids is 1. The van der Waals surface area contributed by atoms with E-state index in [1.54, 1.807) is 18.2 Å². The van der Waals surface area contributed by atoms with E-state index in [-0.39, 0.29) is 18.1 Å². The highest BCUT2D eigenvalue weighted by atomic mass is 16.5. The highest BCUT2D eigenvalue weighted by molar-refractivity contribution is 5.90. The molecule has 1 atom stereocenters. The van der Waals surface area contributed by atoms with Crippen LogP contribution in [0.25, 0.3) is 0 Å². The second-order valence-electron chi connectivity index (χ2n) is 3.40. The van der Waals surface area contributed by atoms with E-state index in [0.29, 0.717) is 12.4 Å². The maximum atomic E-state index is 10.8. The van der Waals surface area contributed by atoms with Crippen LogP contribution in [0.15, 0.2) is 24.3 Å². The van der Waals surface area contributed by atoms with Gasteiger partial charge in [0.25, 0.3) is 0 Å². The lowest BCUT2D eigenvalue weighted by atomic mass is 10.2. The molecule has 0 bridgehead atoms. The van der Waals surface area contributed by atoms with Crippen LogP contribution in [0, 0.1) is 5.92 Å². The molecule has 0 aromatic heterocycles. The lowest BCUT2D eigenvalue weighted by molar-refractivity contribution is 0.0690. The van der Waals surface area contributed by atoms with Crippen LogP contribution in [-0.2, 0) is 0 Å². The predicted octanol–water partition coefficient (Wildman–Crippen LogP) is 1.39. The van der Waals surface area contributed by atoms with Gasteiger partial charge < -0.3 is 14.9 Å². The second-order valence-corrected chi connectivity index (χ2v) is 3.40. The van der Waals surface area contributed by atoms with Crippen LogP contribution in [0.2, 0.25) is 0 Å². The first-order chi connectivity index (χ1) is 7.15. The van der Waals surface area contributed by atoms with Crippen molar-refractivity contribution >= 4 is 5.97 Å². The van der Waals surface area contributed by atoms with E-state index in [0.717, 1.165) is 0 Å². The summed E-state index contributed by atoms with van der Waals surface area (Å²) in [6.07, 6.45) is 0. The number of hydrogen-bond donors (Lipinski definition) is 2. The van der Waals surface area contributed by atoms with Gasteiger partial charge >= 0.3 is 5.97 Å². The summed E-state index contributed by atoms with van der Waals surface area (Å²) in [5.41, 5.74) is 0.141. The second kappa shape index (κ2) is 5.36. The molecule has 4 heteroatoms. The fourth-order valence-electron chi connectivity index (χ4n) is 1.05. The summed E-state index contributed by atoms with van der Waals surface area (Å²) in [5.74, 6) is -0.681. The lowest BCUT2D eigenvalue weighted by Gasteiger charge is -2.11. The van der Waals surface area contributed by atoms with Gasteiger partial charge in [-0.1, -0.05) is 19.1 Å². The number of hydrogen-bond acceptors (Lipinski definition) is 3. The molecule has 1 unspecified atom stereocenters. The van der Waals surface area contributed by atoms with Crippen molar-refractivity contribution in [2.24, 2.45) is 5.92 Å². The van der Waals surface area contributed by atoms with Crippen molar-refractivity contribution in [1.29, 1.82) is 0 Å². The molecule has 1 aromatic rings. The van der Waals surface area contributed by atoms with E-state index in [1.165, 1.54) is 6.07 Å². The maximum absolute atomic E-state index is 10.8. The molecule has 0 spiro atoms. The Balaban J connectivity index is 2.72. The summed E-state index contributed by atoms with van der Waals surface area (Å²) >= 11 is 0. The molecule has 2 N–H and O–H groups in total. The van der Waals surface area contributed by atoms with Crippen molar-refractivity contribution in [3.05, 3.63) is 29.8 Å². The van der Waals surface area contributed by atoms with Crippen molar-refractivity contribution < 1.29 is 19.7 Å². The topological polar surface area (TPSA) is 66.8 Å². The van der Waals surface area contributed by atoms with Crippen LogP contribution in [0.1, 0.15) is 17.3 Å². The number of aliphatic hydroxyl groups is 1. The summed E-state index contributed by atoms with van der Waals surface area (Å²) in [7, 11) is 0. The molecule has 0 amide bonds. The van der Waals surface area contributed by atoms with E-state index in [4.69, 9.17) is 14.9 Å². The first-order valence-corrected chi connectivity index (χ1v) is 4.71. The molecule has 0 radical (unpaired) electrons. The molecule has 15 heavy (non-hydrogen) atoms. The molecule has 4 nitrogen and oxygen atoms in total. The highest BCUT2D eigenvalue weighted by Gasteiger charge is 2.10.